The Morgan fingerprint density at radius 2 is 2.05 bits per heavy atom. The predicted octanol–water partition coefficient (Wildman–Crippen LogP) is 2.00. The molecule has 1 heterocycles. The number of likely N-dealkylation sites (N-methyl/N-ethyl adjacent to an activating group) is 1. The molecule has 1 aromatic carbocycles. The van der Waals surface area contributed by atoms with Crippen LogP contribution in [0.4, 0.5) is 0 Å². The number of imidazole rings is 1. The summed E-state index contributed by atoms with van der Waals surface area (Å²) >= 11 is 1.68. The molecule has 0 spiro atoms. The molecule has 0 radical (unpaired) electrons. The fourth-order valence-corrected chi connectivity index (χ4v) is 2.77. The summed E-state index contributed by atoms with van der Waals surface area (Å²) in [5.74, 6) is 0.818. The zero-order chi connectivity index (χ0) is 15.9. The van der Waals surface area contributed by atoms with Gasteiger partial charge in [0.1, 0.15) is 0 Å². The number of carbonyl (C=O) groups excluding carboxylic acids is 1. The number of aryl methyl sites for hydroxylation is 1. The van der Waals surface area contributed by atoms with Crippen molar-refractivity contribution in [2.45, 2.75) is 10.9 Å². The van der Waals surface area contributed by atoms with E-state index in [0.29, 0.717) is 12.1 Å². The number of hydrogen-bond donors (Lipinski definition) is 1. The summed E-state index contributed by atoms with van der Waals surface area (Å²) in [6.07, 6.45) is 3.73. The third kappa shape index (κ3) is 4.89. The number of nitrogens with one attached hydrogen (secondary N) is 1. The van der Waals surface area contributed by atoms with Gasteiger partial charge >= 0.3 is 0 Å². The number of amides is 1. The van der Waals surface area contributed by atoms with Crippen LogP contribution in [-0.4, -0.2) is 47.5 Å². The molecule has 0 aliphatic heterocycles. The van der Waals surface area contributed by atoms with Crippen molar-refractivity contribution in [3.8, 4) is 0 Å². The molecule has 118 valence electrons. The zero-order valence-electron chi connectivity index (χ0n) is 13.2. The van der Waals surface area contributed by atoms with Gasteiger partial charge in [-0.3, -0.25) is 4.79 Å². The van der Waals surface area contributed by atoms with Gasteiger partial charge in [-0.25, -0.2) is 4.98 Å². The molecule has 22 heavy (non-hydrogen) atoms. The van der Waals surface area contributed by atoms with Crippen molar-refractivity contribution < 1.29 is 4.79 Å². The second kappa shape index (κ2) is 8.00. The van der Waals surface area contributed by atoms with Gasteiger partial charge in [-0.2, -0.15) is 0 Å². The first-order valence-electron chi connectivity index (χ1n) is 7.18. The van der Waals surface area contributed by atoms with Crippen molar-refractivity contribution in [3.05, 3.63) is 47.8 Å². The maximum Gasteiger partial charge on any atom is 0.251 e. The molecule has 2 rings (SSSR count). The van der Waals surface area contributed by atoms with Crippen LogP contribution in [0.2, 0.25) is 0 Å². The topological polar surface area (TPSA) is 50.2 Å². The van der Waals surface area contributed by atoms with Gasteiger partial charge in [0, 0.05) is 43.8 Å². The number of benzene rings is 1. The molecule has 0 saturated carbocycles. The van der Waals surface area contributed by atoms with E-state index in [2.05, 4.69) is 10.3 Å². The molecular formula is C16H22N4OS. The highest BCUT2D eigenvalue weighted by molar-refractivity contribution is 7.98. The van der Waals surface area contributed by atoms with Crippen molar-refractivity contribution in [3.63, 3.8) is 0 Å². The predicted molar refractivity (Wildman–Crippen MR) is 90.1 cm³/mol. The molecule has 5 nitrogen and oxygen atoms in total. The summed E-state index contributed by atoms with van der Waals surface area (Å²) in [4.78, 5) is 18.3. The number of thioether (sulfide) groups is 1. The highest BCUT2D eigenvalue weighted by Crippen LogP contribution is 2.20. The summed E-state index contributed by atoms with van der Waals surface area (Å²) in [5, 5.41) is 3.90. The molecular weight excluding hydrogens is 296 g/mol. The first-order valence-corrected chi connectivity index (χ1v) is 8.17. The van der Waals surface area contributed by atoms with E-state index < -0.39 is 0 Å². The van der Waals surface area contributed by atoms with Crippen molar-refractivity contribution in [2.75, 3.05) is 27.2 Å². The first kappa shape index (κ1) is 16.6. The average molecular weight is 318 g/mol. The van der Waals surface area contributed by atoms with Crippen LogP contribution in [0.25, 0.3) is 0 Å². The number of carbonyl (C=O) groups is 1. The van der Waals surface area contributed by atoms with Crippen molar-refractivity contribution >= 4 is 17.7 Å². The fourth-order valence-electron chi connectivity index (χ4n) is 1.89. The molecule has 0 aliphatic carbocycles. The van der Waals surface area contributed by atoms with Gasteiger partial charge < -0.3 is 14.8 Å². The smallest absolute Gasteiger partial charge is 0.251 e. The maximum absolute atomic E-state index is 12.0. The van der Waals surface area contributed by atoms with Gasteiger partial charge in [-0.1, -0.05) is 23.9 Å². The Labute approximate surface area is 135 Å². The molecule has 1 aromatic heterocycles. The van der Waals surface area contributed by atoms with E-state index in [1.54, 1.807) is 18.0 Å². The van der Waals surface area contributed by atoms with Crippen LogP contribution in [0.3, 0.4) is 0 Å². The lowest BCUT2D eigenvalue weighted by molar-refractivity contribution is 0.0951. The van der Waals surface area contributed by atoms with Crippen LogP contribution in [0.5, 0.6) is 0 Å². The largest absolute Gasteiger partial charge is 0.351 e. The molecule has 0 saturated heterocycles. The summed E-state index contributed by atoms with van der Waals surface area (Å²) in [6.45, 7) is 1.49. The first-order chi connectivity index (χ1) is 10.6. The Kier molecular flexibility index (Phi) is 6.03. The maximum atomic E-state index is 12.0. The molecule has 6 heteroatoms. The quantitative estimate of drug-likeness (QED) is 0.794. The Balaban J connectivity index is 1.84. The number of nitrogens with zero attached hydrogens (tertiary/aromatic N) is 3. The van der Waals surface area contributed by atoms with E-state index in [1.807, 2.05) is 61.1 Å². The van der Waals surface area contributed by atoms with Gasteiger partial charge in [0.05, 0.1) is 0 Å². The normalized spacial score (nSPS) is 10.9. The minimum atomic E-state index is -0.0230. The summed E-state index contributed by atoms with van der Waals surface area (Å²) in [7, 11) is 5.96. The van der Waals surface area contributed by atoms with Gasteiger partial charge in [-0.05, 0) is 31.8 Å². The van der Waals surface area contributed by atoms with Crippen LogP contribution in [0, 0.1) is 0 Å². The average Bonchev–Trinajstić information content (AvgIpc) is 2.90. The van der Waals surface area contributed by atoms with Gasteiger partial charge in [0.25, 0.3) is 5.91 Å². The highest BCUT2D eigenvalue weighted by Gasteiger charge is 2.06. The minimum absolute atomic E-state index is 0.0230. The minimum Gasteiger partial charge on any atom is -0.351 e. The van der Waals surface area contributed by atoms with Crippen LogP contribution in [-0.2, 0) is 12.8 Å². The number of aromatic nitrogens is 2. The van der Waals surface area contributed by atoms with Crippen molar-refractivity contribution in [1.29, 1.82) is 0 Å². The third-order valence-corrected chi connectivity index (χ3v) is 4.33. The second-order valence-electron chi connectivity index (χ2n) is 5.37. The fraction of sp³-hybridized carbons (Fsp3) is 0.375. The van der Waals surface area contributed by atoms with Gasteiger partial charge in [0.2, 0.25) is 0 Å². The Bertz CT molecular complexity index is 607. The molecule has 1 N–H and O–H groups in total. The SMILES string of the molecule is CN(C)CCNC(=O)c1ccc(CSc2nccn2C)cc1. The Morgan fingerprint density at radius 3 is 2.64 bits per heavy atom. The van der Waals surface area contributed by atoms with Crippen LogP contribution in [0.1, 0.15) is 15.9 Å². The Morgan fingerprint density at radius 1 is 1.32 bits per heavy atom. The number of rotatable bonds is 7. The lowest BCUT2D eigenvalue weighted by atomic mass is 10.1. The summed E-state index contributed by atoms with van der Waals surface area (Å²) in [6, 6.07) is 7.74. The van der Waals surface area contributed by atoms with E-state index in [-0.39, 0.29) is 5.91 Å². The molecule has 0 aliphatic rings. The highest BCUT2D eigenvalue weighted by atomic mass is 32.2. The summed E-state index contributed by atoms with van der Waals surface area (Å²) < 4.78 is 2.00. The van der Waals surface area contributed by atoms with Gasteiger partial charge in [0.15, 0.2) is 5.16 Å². The standard InChI is InChI=1S/C16H22N4OS/c1-19(2)10-8-17-15(21)14-6-4-13(5-7-14)12-22-16-18-9-11-20(16)3/h4-7,9,11H,8,10,12H2,1-3H3,(H,17,21). The molecule has 0 bridgehead atoms. The van der Waals surface area contributed by atoms with E-state index in [1.165, 1.54) is 5.56 Å². The van der Waals surface area contributed by atoms with Crippen molar-refractivity contribution in [1.82, 2.24) is 19.8 Å². The number of hydrogen-bond acceptors (Lipinski definition) is 4. The lowest BCUT2D eigenvalue weighted by Crippen LogP contribution is -2.31. The van der Waals surface area contributed by atoms with Gasteiger partial charge in [-0.15, -0.1) is 0 Å². The second-order valence-corrected chi connectivity index (χ2v) is 6.31. The van der Waals surface area contributed by atoms with Crippen LogP contribution >= 0.6 is 11.8 Å². The zero-order valence-corrected chi connectivity index (χ0v) is 14.1. The Hall–Kier alpha value is -1.79. The molecule has 2 aromatic rings. The summed E-state index contributed by atoms with van der Waals surface area (Å²) in [5.41, 5.74) is 1.88. The van der Waals surface area contributed by atoms with E-state index >= 15 is 0 Å². The van der Waals surface area contributed by atoms with Crippen LogP contribution < -0.4 is 5.32 Å². The molecule has 0 atom stereocenters. The molecule has 0 fully saturated rings. The molecule has 1 amide bonds. The third-order valence-electron chi connectivity index (χ3n) is 3.21. The van der Waals surface area contributed by atoms with E-state index in [4.69, 9.17) is 0 Å². The van der Waals surface area contributed by atoms with E-state index in [0.717, 1.165) is 17.5 Å². The monoisotopic (exact) mass is 318 g/mol. The van der Waals surface area contributed by atoms with Crippen molar-refractivity contribution in [2.24, 2.45) is 7.05 Å². The van der Waals surface area contributed by atoms with Crippen LogP contribution in [0.15, 0.2) is 41.8 Å². The lowest BCUT2D eigenvalue weighted by Gasteiger charge is -2.10. The van der Waals surface area contributed by atoms with E-state index in [9.17, 15) is 4.79 Å². The molecule has 0 unspecified atom stereocenters.